The second kappa shape index (κ2) is 9.37. The van der Waals surface area contributed by atoms with E-state index in [4.69, 9.17) is 17.3 Å². The molecule has 1 aliphatic rings. The summed E-state index contributed by atoms with van der Waals surface area (Å²) in [7, 11) is 0. The van der Waals surface area contributed by atoms with Gasteiger partial charge < -0.3 is 21.3 Å². The lowest BCUT2D eigenvalue weighted by atomic mass is 10.1. The number of likely N-dealkylation sites (tertiary alicyclic amines) is 1. The van der Waals surface area contributed by atoms with Gasteiger partial charge in [-0.3, -0.25) is 19.1 Å². The van der Waals surface area contributed by atoms with Gasteiger partial charge in [-0.15, -0.1) is 0 Å². The standard InChI is InChI=1S/C22H19ClF3N9O2/c23-15-5-12(1-2-13(15)21(37)30-8-17(36)34-9-11(27)10-34)32-19-20-29-7-16(35(20)4-3-28-19)14-6-31-33-18(14)22(24,25)26/h1-7,11H,8-10,27H2,(H,28,32)(H,30,37)(H,31,33). The van der Waals surface area contributed by atoms with E-state index >= 15 is 0 Å². The maximum Gasteiger partial charge on any atom is 0.433 e. The zero-order valence-corrected chi connectivity index (χ0v) is 19.6. The summed E-state index contributed by atoms with van der Waals surface area (Å²) in [6, 6.07) is 4.50. The fraction of sp³-hybridized carbons (Fsp3) is 0.227. The molecule has 1 aliphatic heterocycles. The number of imidazole rings is 1. The van der Waals surface area contributed by atoms with Crippen LogP contribution in [-0.4, -0.2) is 67.0 Å². The predicted octanol–water partition coefficient (Wildman–Crippen LogP) is 2.43. The van der Waals surface area contributed by atoms with Crippen molar-refractivity contribution in [3.05, 3.63) is 59.3 Å². The SMILES string of the molecule is NC1CN(C(=O)CNC(=O)c2ccc(Nc3nccn4c(-c5cn[nH]c5C(F)(F)F)cnc34)cc2Cl)C1. The lowest BCUT2D eigenvalue weighted by Crippen LogP contribution is -2.59. The Kier molecular flexibility index (Phi) is 6.21. The van der Waals surface area contributed by atoms with Crippen molar-refractivity contribution in [1.82, 2.24) is 34.8 Å². The van der Waals surface area contributed by atoms with Crippen LogP contribution in [0.25, 0.3) is 16.9 Å². The highest BCUT2D eigenvalue weighted by Gasteiger charge is 2.36. The van der Waals surface area contributed by atoms with Crippen molar-refractivity contribution in [3.63, 3.8) is 0 Å². The number of alkyl halides is 3. The quantitative estimate of drug-likeness (QED) is 0.298. The third kappa shape index (κ3) is 4.80. The van der Waals surface area contributed by atoms with E-state index in [0.29, 0.717) is 18.8 Å². The number of H-pyrrole nitrogens is 1. The molecule has 0 bridgehead atoms. The van der Waals surface area contributed by atoms with Crippen molar-refractivity contribution in [2.24, 2.45) is 5.73 Å². The van der Waals surface area contributed by atoms with E-state index in [1.165, 1.54) is 35.1 Å². The lowest BCUT2D eigenvalue weighted by molar-refractivity contribution is -0.140. The molecule has 1 aromatic carbocycles. The van der Waals surface area contributed by atoms with E-state index in [1.54, 1.807) is 11.0 Å². The fourth-order valence-electron chi connectivity index (χ4n) is 3.90. The zero-order chi connectivity index (χ0) is 26.3. The van der Waals surface area contributed by atoms with Gasteiger partial charge in [0.1, 0.15) is 5.69 Å². The van der Waals surface area contributed by atoms with E-state index < -0.39 is 17.8 Å². The molecule has 5 N–H and O–H groups in total. The van der Waals surface area contributed by atoms with Gasteiger partial charge in [0.15, 0.2) is 11.5 Å². The second-order valence-electron chi connectivity index (χ2n) is 8.33. The number of benzene rings is 1. The Bertz CT molecular complexity index is 1490. The molecule has 3 aromatic heterocycles. The number of amides is 2. The first-order valence-electron chi connectivity index (χ1n) is 10.9. The van der Waals surface area contributed by atoms with Gasteiger partial charge in [-0.1, -0.05) is 11.6 Å². The van der Waals surface area contributed by atoms with Crippen LogP contribution < -0.4 is 16.4 Å². The number of nitrogens with one attached hydrogen (secondary N) is 3. The highest BCUT2D eigenvalue weighted by molar-refractivity contribution is 6.34. The van der Waals surface area contributed by atoms with E-state index in [-0.39, 0.29) is 51.8 Å². The number of rotatable bonds is 6. The molecule has 37 heavy (non-hydrogen) atoms. The topological polar surface area (TPSA) is 146 Å². The molecule has 0 spiro atoms. The molecule has 4 aromatic rings. The Labute approximate surface area is 211 Å². The van der Waals surface area contributed by atoms with E-state index in [9.17, 15) is 22.8 Å². The van der Waals surface area contributed by atoms with Crippen molar-refractivity contribution < 1.29 is 22.8 Å². The largest absolute Gasteiger partial charge is 0.433 e. The third-order valence-electron chi connectivity index (χ3n) is 5.77. The molecule has 2 amide bonds. The predicted molar refractivity (Wildman–Crippen MR) is 127 cm³/mol. The summed E-state index contributed by atoms with van der Waals surface area (Å²) in [6.07, 6.45) is 0.628. The minimum atomic E-state index is -4.62. The van der Waals surface area contributed by atoms with Crippen LogP contribution in [0.2, 0.25) is 5.02 Å². The van der Waals surface area contributed by atoms with E-state index in [0.717, 1.165) is 6.20 Å². The van der Waals surface area contributed by atoms with E-state index in [1.807, 2.05) is 5.10 Å². The minimum absolute atomic E-state index is 0.0361. The highest BCUT2D eigenvalue weighted by atomic mass is 35.5. The molecule has 15 heteroatoms. The monoisotopic (exact) mass is 533 g/mol. The Morgan fingerprint density at radius 1 is 1.22 bits per heavy atom. The minimum Gasteiger partial charge on any atom is -0.343 e. The van der Waals surface area contributed by atoms with Gasteiger partial charge >= 0.3 is 6.18 Å². The summed E-state index contributed by atoms with van der Waals surface area (Å²) < 4.78 is 41.4. The summed E-state index contributed by atoms with van der Waals surface area (Å²) in [5.74, 6) is -0.508. The number of hydrogen-bond donors (Lipinski definition) is 4. The number of nitrogens with zero attached hydrogens (tertiary/aromatic N) is 5. The first kappa shape index (κ1) is 24.5. The van der Waals surface area contributed by atoms with Gasteiger partial charge in [0.25, 0.3) is 5.91 Å². The molecular weight excluding hydrogens is 515 g/mol. The summed E-state index contributed by atoms with van der Waals surface area (Å²) in [5.41, 5.74) is 5.55. The number of nitrogens with two attached hydrogens (primary N) is 1. The van der Waals surface area contributed by atoms with Crippen molar-refractivity contribution in [3.8, 4) is 11.3 Å². The van der Waals surface area contributed by atoms with Crippen molar-refractivity contribution >= 4 is 40.6 Å². The highest BCUT2D eigenvalue weighted by Crippen LogP contribution is 2.36. The average Bonchev–Trinajstić information content (AvgIpc) is 3.48. The Morgan fingerprint density at radius 3 is 2.70 bits per heavy atom. The molecule has 11 nitrogen and oxygen atoms in total. The number of anilines is 2. The fourth-order valence-corrected chi connectivity index (χ4v) is 4.16. The maximum absolute atomic E-state index is 13.3. The molecule has 192 valence electrons. The zero-order valence-electron chi connectivity index (χ0n) is 18.9. The van der Waals surface area contributed by atoms with E-state index in [2.05, 4.69) is 25.7 Å². The molecule has 0 aliphatic carbocycles. The van der Waals surface area contributed by atoms with Crippen molar-refractivity contribution in [2.75, 3.05) is 25.0 Å². The van der Waals surface area contributed by atoms with Gasteiger partial charge in [-0.25, -0.2) is 9.97 Å². The smallest absolute Gasteiger partial charge is 0.343 e. The molecule has 0 unspecified atom stereocenters. The van der Waals surface area contributed by atoms with Crippen LogP contribution in [0.5, 0.6) is 0 Å². The van der Waals surface area contributed by atoms with Crippen LogP contribution in [0.1, 0.15) is 16.1 Å². The second-order valence-corrected chi connectivity index (χ2v) is 8.74. The number of halogens is 4. The van der Waals surface area contributed by atoms with Crippen LogP contribution >= 0.6 is 11.6 Å². The number of aromatic amines is 1. The van der Waals surface area contributed by atoms with Gasteiger partial charge in [0, 0.05) is 37.2 Å². The van der Waals surface area contributed by atoms with Crippen LogP contribution in [0.15, 0.2) is 43.0 Å². The molecule has 4 heterocycles. The first-order chi connectivity index (χ1) is 17.6. The molecule has 0 radical (unpaired) electrons. The number of carbonyl (C=O) groups excluding carboxylic acids is 2. The first-order valence-corrected chi connectivity index (χ1v) is 11.3. The molecule has 1 fully saturated rings. The van der Waals surface area contributed by atoms with Gasteiger partial charge in [-0.05, 0) is 18.2 Å². The average molecular weight is 534 g/mol. The van der Waals surface area contributed by atoms with Crippen LogP contribution in [0.3, 0.4) is 0 Å². The molecule has 1 saturated heterocycles. The molecule has 5 rings (SSSR count). The van der Waals surface area contributed by atoms with Gasteiger partial charge in [-0.2, -0.15) is 18.3 Å². The number of carbonyl (C=O) groups is 2. The van der Waals surface area contributed by atoms with Gasteiger partial charge in [0.05, 0.1) is 40.8 Å². The Morgan fingerprint density at radius 2 is 2.00 bits per heavy atom. The summed E-state index contributed by atoms with van der Waals surface area (Å²) in [4.78, 5) is 34.5. The Balaban J connectivity index is 1.33. The van der Waals surface area contributed by atoms with Crippen LogP contribution in [0, 0.1) is 0 Å². The molecule has 0 atom stereocenters. The number of aromatic nitrogens is 5. The normalized spacial score (nSPS) is 14.0. The molecular formula is C22H19ClF3N9O2. The summed E-state index contributed by atoms with van der Waals surface area (Å²) >= 11 is 6.31. The van der Waals surface area contributed by atoms with Crippen molar-refractivity contribution in [1.29, 1.82) is 0 Å². The third-order valence-corrected chi connectivity index (χ3v) is 6.08. The van der Waals surface area contributed by atoms with Gasteiger partial charge in [0.2, 0.25) is 5.91 Å². The van der Waals surface area contributed by atoms with Crippen LogP contribution in [0.4, 0.5) is 24.7 Å². The molecule has 0 saturated carbocycles. The number of fused-ring (bicyclic) bond motifs is 1. The number of hydrogen-bond acceptors (Lipinski definition) is 7. The van der Waals surface area contributed by atoms with Crippen molar-refractivity contribution in [2.45, 2.75) is 12.2 Å². The Hall–Kier alpha value is -4.17. The summed E-state index contributed by atoms with van der Waals surface area (Å²) in [5, 5.41) is 11.2. The maximum atomic E-state index is 13.3. The summed E-state index contributed by atoms with van der Waals surface area (Å²) in [6.45, 7) is 0.739. The van der Waals surface area contributed by atoms with Crippen LogP contribution in [-0.2, 0) is 11.0 Å². The lowest BCUT2D eigenvalue weighted by Gasteiger charge is -2.36.